The summed E-state index contributed by atoms with van der Waals surface area (Å²) in [7, 11) is 1.90. The first-order valence-corrected chi connectivity index (χ1v) is 7.58. The predicted octanol–water partition coefficient (Wildman–Crippen LogP) is 3.66. The minimum absolute atomic E-state index is 0.0430. The van der Waals surface area contributed by atoms with Crippen molar-refractivity contribution in [1.82, 2.24) is 9.97 Å². The molecule has 4 heteroatoms. The first-order valence-electron chi connectivity index (χ1n) is 7.58. The van der Waals surface area contributed by atoms with Crippen molar-refractivity contribution < 1.29 is 0 Å². The largest absolute Gasteiger partial charge is 0.373 e. The minimum atomic E-state index is -0.0430. The van der Waals surface area contributed by atoms with Gasteiger partial charge in [0.1, 0.15) is 17.5 Å². The second-order valence-corrected chi connectivity index (χ2v) is 7.33. The van der Waals surface area contributed by atoms with Gasteiger partial charge in [-0.1, -0.05) is 34.6 Å². The van der Waals surface area contributed by atoms with E-state index in [4.69, 9.17) is 0 Å². The molecule has 0 unspecified atom stereocenters. The van der Waals surface area contributed by atoms with Gasteiger partial charge in [0.2, 0.25) is 0 Å². The van der Waals surface area contributed by atoms with E-state index in [0.29, 0.717) is 5.41 Å². The molecule has 0 bridgehead atoms. The van der Waals surface area contributed by atoms with Gasteiger partial charge < -0.3 is 10.6 Å². The van der Waals surface area contributed by atoms with Gasteiger partial charge in [0.25, 0.3) is 0 Å². The van der Waals surface area contributed by atoms with Crippen molar-refractivity contribution in [3.63, 3.8) is 0 Å². The molecule has 20 heavy (non-hydrogen) atoms. The second-order valence-electron chi connectivity index (χ2n) is 7.33. The molecule has 112 valence electrons. The van der Waals surface area contributed by atoms with Crippen molar-refractivity contribution >= 4 is 11.6 Å². The number of nitrogens with zero attached hydrogens (tertiary/aromatic N) is 2. The van der Waals surface area contributed by atoms with Gasteiger partial charge in [0, 0.05) is 25.1 Å². The molecule has 0 amide bonds. The third-order valence-electron chi connectivity index (χ3n) is 4.39. The normalized spacial score (nSPS) is 17.1. The highest BCUT2D eigenvalue weighted by Crippen LogP contribution is 2.51. The van der Waals surface area contributed by atoms with Crippen molar-refractivity contribution in [3.8, 4) is 0 Å². The summed E-state index contributed by atoms with van der Waals surface area (Å²) in [4.78, 5) is 9.24. The molecule has 1 aromatic heterocycles. The van der Waals surface area contributed by atoms with Crippen LogP contribution in [0.1, 0.15) is 53.3 Å². The second kappa shape index (κ2) is 5.23. The molecule has 2 rings (SSSR count). The van der Waals surface area contributed by atoms with Crippen molar-refractivity contribution in [3.05, 3.63) is 11.9 Å². The highest BCUT2D eigenvalue weighted by atomic mass is 15.1. The fraction of sp³-hybridized carbons (Fsp3) is 0.750. The summed E-state index contributed by atoms with van der Waals surface area (Å²) in [6.07, 6.45) is 2.65. The van der Waals surface area contributed by atoms with E-state index in [0.717, 1.165) is 29.9 Å². The summed E-state index contributed by atoms with van der Waals surface area (Å²) in [6.45, 7) is 12.1. The number of rotatable bonds is 5. The standard InChI is InChI=1S/C16H28N4/c1-11(2)16(7-8-16)10-18-13-9-12(17-6)19-14(20-13)15(3,4)5/h9,11H,7-8,10H2,1-6H3,(H2,17,18,19,20). The lowest BCUT2D eigenvalue weighted by atomic mass is 9.92. The van der Waals surface area contributed by atoms with E-state index in [9.17, 15) is 0 Å². The Morgan fingerprint density at radius 1 is 1.20 bits per heavy atom. The molecule has 0 aliphatic heterocycles. The highest BCUT2D eigenvalue weighted by molar-refractivity contribution is 5.48. The van der Waals surface area contributed by atoms with Crippen LogP contribution in [0.25, 0.3) is 0 Å². The Hall–Kier alpha value is -1.32. The van der Waals surface area contributed by atoms with Crippen molar-refractivity contribution in [1.29, 1.82) is 0 Å². The van der Waals surface area contributed by atoms with Crippen LogP contribution in [-0.4, -0.2) is 23.6 Å². The molecule has 0 atom stereocenters. The van der Waals surface area contributed by atoms with E-state index >= 15 is 0 Å². The molecule has 0 saturated heterocycles. The third-order valence-corrected chi connectivity index (χ3v) is 4.39. The lowest BCUT2D eigenvalue weighted by molar-refractivity contribution is 0.379. The van der Waals surface area contributed by atoms with Gasteiger partial charge in [-0.2, -0.15) is 0 Å². The van der Waals surface area contributed by atoms with Crippen LogP contribution in [-0.2, 0) is 5.41 Å². The van der Waals surface area contributed by atoms with Gasteiger partial charge in [-0.3, -0.25) is 0 Å². The Bertz CT molecular complexity index is 470. The molecule has 2 N–H and O–H groups in total. The fourth-order valence-electron chi connectivity index (χ4n) is 2.39. The van der Waals surface area contributed by atoms with E-state index in [1.54, 1.807) is 0 Å². The molecular weight excluding hydrogens is 248 g/mol. The van der Waals surface area contributed by atoms with Crippen LogP contribution >= 0.6 is 0 Å². The topological polar surface area (TPSA) is 49.8 Å². The first-order chi connectivity index (χ1) is 9.27. The molecule has 1 heterocycles. The molecule has 0 aromatic carbocycles. The minimum Gasteiger partial charge on any atom is -0.373 e. The molecule has 1 fully saturated rings. The number of hydrogen-bond acceptors (Lipinski definition) is 4. The van der Waals surface area contributed by atoms with Crippen LogP contribution in [0.4, 0.5) is 11.6 Å². The van der Waals surface area contributed by atoms with E-state index in [1.807, 2.05) is 13.1 Å². The van der Waals surface area contributed by atoms with Crippen LogP contribution in [0.5, 0.6) is 0 Å². The van der Waals surface area contributed by atoms with E-state index in [-0.39, 0.29) is 5.41 Å². The maximum atomic E-state index is 4.68. The molecular formula is C16H28N4. The van der Waals surface area contributed by atoms with Crippen molar-refractivity contribution in [2.24, 2.45) is 11.3 Å². The van der Waals surface area contributed by atoms with Gasteiger partial charge in [0.05, 0.1) is 0 Å². The lowest BCUT2D eigenvalue weighted by Gasteiger charge is -2.22. The zero-order valence-corrected chi connectivity index (χ0v) is 13.7. The highest BCUT2D eigenvalue weighted by Gasteiger charge is 2.45. The summed E-state index contributed by atoms with van der Waals surface area (Å²) in [5.41, 5.74) is 0.436. The average molecular weight is 276 g/mol. The SMILES string of the molecule is CNc1cc(NCC2(C(C)C)CC2)nc(C(C)(C)C)n1. The number of aromatic nitrogens is 2. The van der Waals surface area contributed by atoms with Crippen molar-refractivity contribution in [2.45, 2.75) is 52.9 Å². The number of hydrogen-bond donors (Lipinski definition) is 2. The molecule has 1 aliphatic rings. The van der Waals surface area contributed by atoms with E-state index in [1.165, 1.54) is 12.8 Å². The summed E-state index contributed by atoms with van der Waals surface area (Å²) < 4.78 is 0. The summed E-state index contributed by atoms with van der Waals surface area (Å²) >= 11 is 0. The molecule has 1 aliphatic carbocycles. The number of anilines is 2. The van der Waals surface area contributed by atoms with Crippen LogP contribution in [0, 0.1) is 11.3 Å². The predicted molar refractivity (Wildman–Crippen MR) is 85.3 cm³/mol. The quantitative estimate of drug-likeness (QED) is 0.861. The molecule has 1 aromatic rings. The Morgan fingerprint density at radius 3 is 2.25 bits per heavy atom. The van der Waals surface area contributed by atoms with Gasteiger partial charge in [-0.15, -0.1) is 0 Å². The summed E-state index contributed by atoms with van der Waals surface area (Å²) in [5, 5.41) is 6.65. The Labute approximate surface area is 122 Å². The Balaban J connectivity index is 2.15. The molecule has 4 nitrogen and oxygen atoms in total. The van der Waals surface area contributed by atoms with Gasteiger partial charge in [-0.25, -0.2) is 9.97 Å². The molecule has 0 radical (unpaired) electrons. The van der Waals surface area contributed by atoms with E-state index in [2.05, 4.69) is 55.2 Å². The smallest absolute Gasteiger partial charge is 0.138 e. The Morgan fingerprint density at radius 2 is 1.80 bits per heavy atom. The first kappa shape index (κ1) is 15.1. The fourth-order valence-corrected chi connectivity index (χ4v) is 2.39. The number of nitrogens with one attached hydrogen (secondary N) is 2. The molecule has 1 saturated carbocycles. The maximum absolute atomic E-state index is 4.68. The molecule has 0 spiro atoms. The maximum Gasteiger partial charge on any atom is 0.138 e. The average Bonchev–Trinajstić information content (AvgIpc) is 3.16. The van der Waals surface area contributed by atoms with Crippen molar-refractivity contribution in [2.75, 3.05) is 24.2 Å². The zero-order valence-electron chi connectivity index (χ0n) is 13.7. The van der Waals surface area contributed by atoms with Gasteiger partial charge >= 0.3 is 0 Å². The van der Waals surface area contributed by atoms with Crippen LogP contribution in [0.3, 0.4) is 0 Å². The van der Waals surface area contributed by atoms with Gasteiger partial charge in [0.15, 0.2) is 0 Å². The van der Waals surface area contributed by atoms with E-state index < -0.39 is 0 Å². The third kappa shape index (κ3) is 3.22. The summed E-state index contributed by atoms with van der Waals surface area (Å²) in [5.74, 6) is 3.41. The van der Waals surface area contributed by atoms with Crippen LogP contribution in [0.15, 0.2) is 6.07 Å². The Kier molecular flexibility index (Phi) is 3.94. The zero-order chi connectivity index (χ0) is 15.0. The van der Waals surface area contributed by atoms with Crippen LogP contribution in [0.2, 0.25) is 0 Å². The lowest BCUT2D eigenvalue weighted by Crippen LogP contribution is -2.23. The monoisotopic (exact) mass is 276 g/mol. The van der Waals surface area contributed by atoms with Gasteiger partial charge in [-0.05, 0) is 24.2 Å². The summed E-state index contributed by atoms with van der Waals surface area (Å²) in [6, 6.07) is 1.99. The van der Waals surface area contributed by atoms with Crippen LogP contribution < -0.4 is 10.6 Å².